The van der Waals surface area contributed by atoms with Crippen LogP contribution in [0.2, 0.25) is 0 Å². The molecular formula is C27H32O. The first-order valence-corrected chi connectivity index (χ1v) is 10.7. The Balaban J connectivity index is 1.78. The minimum Gasteiger partial charge on any atom is -0.396 e. The van der Waals surface area contributed by atoms with Crippen molar-refractivity contribution in [3.8, 4) is 22.3 Å². The number of aryl methyl sites for hydroxylation is 3. The van der Waals surface area contributed by atoms with E-state index in [1.54, 1.807) is 0 Å². The van der Waals surface area contributed by atoms with Gasteiger partial charge in [-0.25, -0.2) is 0 Å². The van der Waals surface area contributed by atoms with Crippen molar-refractivity contribution in [2.45, 2.75) is 52.4 Å². The molecule has 0 saturated carbocycles. The SMILES string of the molecule is CCCCc1ccc(-c2ccc(-c3ccc(CCCO)cc3CC)cc2)cc1. The van der Waals surface area contributed by atoms with Crippen molar-refractivity contribution < 1.29 is 5.11 Å². The second kappa shape index (κ2) is 10.2. The van der Waals surface area contributed by atoms with Crippen LogP contribution in [0.25, 0.3) is 22.3 Å². The van der Waals surface area contributed by atoms with E-state index < -0.39 is 0 Å². The van der Waals surface area contributed by atoms with Gasteiger partial charge >= 0.3 is 0 Å². The monoisotopic (exact) mass is 372 g/mol. The van der Waals surface area contributed by atoms with Gasteiger partial charge in [0.1, 0.15) is 0 Å². The Morgan fingerprint density at radius 2 is 1.21 bits per heavy atom. The minimum atomic E-state index is 0.254. The first kappa shape index (κ1) is 20.4. The lowest BCUT2D eigenvalue weighted by Gasteiger charge is -2.12. The van der Waals surface area contributed by atoms with E-state index in [0.29, 0.717) is 0 Å². The van der Waals surface area contributed by atoms with Crippen molar-refractivity contribution >= 4 is 0 Å². The molecule has 0 aliphatic carbocycles. The third-order valence-electron chi connectivity index (χ3n) is 5.48. The molecule has 146 valence electrons. The molecule has 0 spiro atoms. The van der Waals surface area contributed by atoms with Crippen LogP contribution in [0.1, 0.15) is 49.8 Å². The zero-order valence-corrected chi connectivity index (χ0v) is 17.2. The highest BCUT2D eigenvalue weighted by atomic mass is 16.2. The molecule has 3 aromatic carbocycles. The van der Waals surface area contributed by atoms with Gasteiger partial charge in [0, 0.05) is 6.61 Å². The predicted octanol–water partition coefficient (Wildman–Crippen LogP) is 6.85. The maximum atomic E-state index is 9.06. The zero-order chi connectivity index (χ0) is 19.8. The number of rotatable bonds is 9. The molecule has 0 unspecified atom stereocenters. The van der Waals surface area contributed by atoms with Gasteiger partial charge in [0.2, 0.25) is 0 Å². The summed E-state index contributed by atoms with van der Waals surface area (Å²) in [7, 11) is 0. The molecule has 1 nitrogen and oxygen atoms in total. The first-order valence-electron chi connectivity index (χ1n) is 10.7. The van der Waals surface area contributed by atoms with Crippen LogP contribution in [0, 0.1) is 0 Å². The number of aliphatic hydroxyl groups is 1. The Kier molecular flexibility index (Phi) is 7.45. The molecule has 0 aliphatic heterocycles. The Labute approximate surface area is 170 Å². The van der Waals surface area contributed by atoms with Gasteiger partial charge in [-0.15, -0.1) is 0 Å². The number of hydrogen-bond donors (Lipinski definition) is 1. The lowest BCUT2D eigenvalue weighted by Crippen LogP contribution is -1.94. The molecule has 0 aromatic heterocycles. The van der Waals surface area contributed by atoms with Gasteiger partial charge in [0.25, 0.3) is 0 Å². The summed E-state index contributed by atoms with van der Waals surface area (Å²) in [6, 6.07) is 24.7. The number of unbranched alkanes of at least 4 members (excludes halogenated alkanes) is 1. The quantitative estimate of drug-likeness (QED) is 0.435. The topological polar surface area (TPSA) is 20.2 Å². The minimum absolute atomic E-state index is 0.254. The van der Waals surface area contributed by atoms with E-state index in [9.17, 15) is 0 Å². The molecule has 0 saturated heterocycles. The third kappa shape index (κ3) is 5.11. The number of hydrogen-bond acceptors (Lipinski definition) is 1. The van der Waals surface area contributed by atoms with Crippen molar-refractivity contribution in [1.82, 2.24) is 0 Å². The fourth-order valence-electron chi connectivity index (χ4n) is 3.75. The molecule has 28 heavy (non-hydrogen) atoms. The normalized spacial score (nSPS) is 11.0. The summed E-state index contributed by atoms with van der Waals surface area (Å²) in [5.41, 5.74) is 9.25. The lowest BCUT2D eigenvalue weighted by molar-refractivity contribution is 0.288. The fraction of sp³-hybridized carbons (Fsp3) is 0.333. The van der Waals surface area contributed by atoms with Gasteiger partial charge < -0.3 is 5.11 Å². The average Bonchev–Trinajstić information content (AvgIpc) is 2.76. The summed E-state index contributed by atoms with van der Waals surface area (Å²) in [5, 5.41) is 9.06. The van der Waals surface area contributed by atoms with Crippen LogP contribution in [-0.2, 0) is 19.3 Å². The summed E-state index contributed by atoms with van der Waals surface area (Å²) in [6.07, 6.45) is 6.45. The van der Waals surface area contributed by atoms with E-state index in [-0.39, 0.29) is 6.61 Å². The molecule has 3 rings (SSSR count). The van der Waals surface area contributed by atoms with Crippen molar-refractivity contribution in [1.29, 1.82) is 0 Å². The molecule has 0 bridgehead atoms. The third-order valence-corrected chi connectivity index (χ3v) is 5.48. The summed E-state index contributed by atoms with van der Waals surface area (Å²) in [5.74, 6) is 0. The van der Waals surface area contributed by atoms with E-state index in [1.165, 1.54) is 58.2 Å². The standard InChI is InChI=1S/C27H32O/c1-3-5-7-21-9-12-24(13-10-21)25-14-16-26(17-15-25)27-18-11-22(8-6-19-28)20-23(27)4-2/h9-18,20,28H,3-8,19H2,1-2H3. The average molecular weight is 373 g/mol. The largest absolute Gasteiger partial charge is 0.396 e. The van der Waals surface area contributed by atoms with E-state index in [4.69, 9.17) is 5.11 Å². The van der Waals surface area contributed by atoms with Gasteiger partial charge in [0.15, 0.2) is 0 Å². The van der Waals surface area contributed by atoms with E-state index in [2.05, 4.69) is 80.6 Å². The van der Waals surface area contributed by atoms with Crippen molar-refractivity contribution in [3.63, 3.8) is 0 Å². The maximum absolute atomic E-state index is 9.06. The molecule has 0 heterocycles. The number of aliphatic hydroxyl groups excluding tert-OH is 1. The van der Waals surface area contributed by atoms with Gasteiger partial charge in [-0.1, -0.05) is 87.0 Å². The first-order chi connectivity index (χ1) is 13.7. The van der Waals surface area contributed by atoms with Crippen molar-refractivity contribution in [2.75, 3.05) is 6.61 Å². The Morgan fingerprint density at radius 1 is 0.643 bits per heavy atom. The van der Waals surface area contributed by atoms with E-state index in [0.717, 1.165) is 19.3 Å². The smallest absolute Gasteiger partial charge is 0.0434 e. The van der Waals surface area contributed by atoms with Crippen molar-refractivity contribution in [2.24, 2.45) is 0 Å². The molecule has 0 amide bonds. The van der Waals surface area contributed by atoms with Crippen LogP contribution in [0.3, 0.4) is 0 Å². The second-order valence-electron chi connectivity index (χ2n) is 7.55. The Hall–Kier alpha value is -2.38. The number of benzene rings is 3. The highest BCUT2D eigenvalue weighted by Gasteiger charge is 2.06. The zero-order valence-electron chi connectivity index (χ0n) is 17.2. The highest BCUT2D eigenvalue weighted by molar-refractivity contribution is 5.72. The molecule has 0 atom stereocenters. The maximum Gasteiger partial charge on any atom is 0.0434 e. The fourth-order valence-corrected chi connectivity index (χ4v) is 3.75. The summed E-state index contributed by atoms with van der Waals surface area (Å²) in [6.45, 7) is 4.70. The Morgan fingerprint density at radius 3 is 1.82 bits per heavy atom. The van der Waals surface area contributed by atoms with E-state index in [1.807, 2.05) is 0 Å². The van der Waals surface area contributed by atoms with Crippen LogP contribution >= 0.6 is 0 Å². The van der Waals surface area contributed by atoms with Crippen LogP contribution in [0.4, 0.5) is 0 Å². The Bertz CT molecular complexity index is 860. The van der Waals surface area contributed by atoms with Gasteiger partial charge in [-0.05, 0) is 71.0 Å². The molecule has 1 N–H and O–H groups in total. The summed E-state index contributed by atoms with van der Waals surface area (Å²) in [4.78, 5) is 0. The van der Waals surface area contributed by atoms with Crippen LogP contribution in [0.5, 0.6) is 0 Å². The molecule has 3 aromatic rings. The molecule has 0 aliphatic rings. The van der Waals surface area contributed by atoms with Crippen molar-refractivity contribution in [3.05, 3.63) is 83.4 Å². The van der Waals surface area contributed by atoms with Gasteiger partial charge in [-0.3, -0.25) is 0 Å². The van der Waals surface area contributed by atoms with E-state index >= 15 is 0 Å². The lowest BCUT2D eigenvalue weighted by atomic mass is 9.93. The highest BCUT2D eigenvalue weighted by Crippen LogP contribution is 2.29. The van der Waals surface area contributed by atoms with Gasteiger partial charge in [0.05, 0.1) is 0 Å². The molecular weight excluding hydrogens is 340 g/mol. The van der Waals surface area contributed by atoms with Crippen LogP contribution in [0.15, 0.2) is 66.7 Å². The molecule has 0 radical (unpaired) electrons. The molecule has 1 heteroatoms. The second-order valence-corrected chi connectivity index (χ2v) is 7.55. The summed E-state index contributed by atoms with van der Waals surface area (Å²) >= 11 is 0. The van der Waals surface area contributed by atoms with Crippen LogP contribution in [-0.4, -0.2) is 11.7 Å². The predicted molar refractivity (Wildman–Crippen MR) is 121 cm³/mol. The van der Waals surface area contributed by atoms with Crippen LogP contribution < -0.4 is 0 Å². The van der Waals surface area contributed by atoms with Gasteiger partial charge in [-0.2, -0.15) is 0 Å². The molecule has 0 fully saturated rings. The summed E-state index contributed by atoms with van der Waals surface area (Å²) < 4.78 is 0.